The molecule has 2 N–H and O–H groups in total. The fraction of sp³-hybridized carbons (Fsp3) is 0.562. The lowest BCUT2D eigenvalue weighted by molar-refractivity contribution is -0.114. The maximum Gasteiger partial charge on any atom is 0.221 e. The van der Waals surface area contributed by atoms with Crippen LogP contribution in [0.15, 0.2) is 29.2 Å². The van der Waals surface area contributed by atoms with Crippen LogP contribution >= 0.6 is 11.8 Å². The van der Waals surface area contributed by atoms with Crippen molar-refractivity contribution in [3.05, 3.63) is 24.3 Å². The number of nitrogens with one attached hydrogen (secondary N) is 1. The van der Waals surface area contributed by atoms with E-state index in [1.54, 1.807) is 11.8 Å². The molecule has 0 aromatic heterocycles. The maximum absolute atomic E-state index is 10.9. The standard InChI is InChI=1S/C16H23NO2S/c1-12-7-9-16(19,10-8-12)11-20-15-5-3-14(4-6-15)17-13(2)18/h3-6,12,19H,7-11H2,1-2H3,(H,17,18). The Kier molecular flexibility index (Phi) is 5.11. The number of hydrogen-bond donors (Lipinski definition) is 2. The van der Waals surface area contributed by atoms with Gasteiger partial charge in [-0.3, -0.25) is 4.79 Å². The predicted octanol–water partition coefficient (Wildman–Crippen LogP) is 3.68. The lowest BCUT2D eigenvalue weighted by Crippen LogP contribution is -2.36. The molecule has 0 saturated heterocycles. The molecule has 0 spiro atoms. The molecule has 1 aliphatic carbocycles. The summed E-state index contributed by atoms with van der Waals surface area (Å²) in [6, 6.07) is 7.78. The molecule has 0 bridgehead atoms. The minimum absolute atomic E-state index is 0.0592. The van der Waals surface area contributed by atoms with Crippen LogP contribution in [0.2, 0.25) is 0 Å². The molecular formula is C16H23NO2S. The number of amides is 1. The quantitative estimate of drug-likeness (QED) is 0.833. The first kappa shape index (κ1) is 15.4. The zero-order valence-corrected chi connectivity index (χ0v) is 13.0. The number of thioether (sulfide) groups is 1. The van der Waals surface area contributed by atoms with Gasteiger partial charge in [-0.25, -0.2) is 0 Å². The van der Waals surface area contributed by atoms with Gasteiger partial charge >= 0.3 is 0 Å². The number of rotatable bonds is 4. The largest absolute Gasteiger partial charge is 0.389 e. The first-order chi connectivity index (χ1) is 9.47. The van der Waals surface area contributed by atoms with Gasteiger partial charge in [0.2, 0.25) is 5.91 Å². The maximum atomic E-state index is 10.9. The monoisotopic (exact) mass is 293 g/mol. The summed E-state index contributed by atoms with van der Waals surface area (Å²) in [5, 5.41) is 13.3. The van der Waals surface area contributed by atoms with E-state index < -0.39 is 5.60 Å². The lowest BCUT2D eigenvalue weighted by Gasteiger charge is -2.34. The molecule has 3 nitrogen and oxygen atoms in total. The highest BCUT2D eigenvalue weighted by atomic mass is 32.2. The summed E-state index contributed by atoms with van der Waals surface area (Å²) in [4.78, 5) is 12.1. The highest BCUT2D eigenvalue weighted by Gasteiger charge is 2.31. The Morgan fingerprint density at radius 1 is 1.35 bits per heavy atom. The minimum atomic E-state index is -0.506. The van der Waals surface area contributed by atoms with Gasteiger partial charge < -0.3 is 10.4 Å². The van der Waals surface area contributed by atoms with E-state index in [9.17, 15) is 9.90 Å². The van der Waals surface area contributed by atoms with E-state index in [2.05, 4.69) is 12.2 Å². The van der Waals surface area contributed by atoms with Crippen LogP contribution in [0, 0.1) is 5.92 Å². The molecule has 0 unspecified atom stereocenters. The fourth-order valence-corrected chi connectivity index (χ4v) is 3.55. The Morgan fingerprint density at radius 2 is 1.95 bits per heavy atom. The van der Waals surface area contributed by atoms with Crippen LogP contribution in [-0.4, -0.2) is 22.4 Å². The van der Waals surface area contributed by atoms with Gasteiger partial charge in [-0.05, 0) is 55.9 Å². The molecular weight excluding hydrogens is 270 g/mol. The molecule has 0 radical (unpaired) electrons. The Balaban J connectivity index is 1.86. The number of carbonyl (C=O) groups excluding carboxylic acids is 1. The van der Waals surface area contributed by atoms with E-state index in [1.165, 1.54) is 6.92 Å². The van der Waals surface area contributed by atoms with Gasteiger partial charge in [-0.1, -0.05) is 6.92 Å². The fourth-order valence-electron chi connectivity index (χ4n) is 2.50. The van der Waals surface area contributed by atoms with Crippen LogP contribution in [0.4, 0.5) is 5.69 Å². The number of benzene rings is 1. The van der Waals surface area contributed by atoms with Crippen molar-refractivity contribution < 1.29 is 9.90 Å². The summed E-state index contributed by atoms with van der Waals surface area (Å²) in [6.07, 6.45) is 4.06. The summed E-state index contributed by atoms with van der Waals surface area (Å²) >= 11 is 1.69. The van der Waals surface area contributed by atoms with E-state index in [0.717, 1.165) is 47.9 Å². The summed E-state index contributed by atoms with van der Waals surface area (Å²) < 4.78 is 0. The minimum Gasteiger partial charge on any atom is -0.389 e. The SMILES string of the molecule is CC(=O)Nc1ccc(SCC2(O)CCC(C)CC2)cc1. The molecule has 1 amide bonds. The van der Waals surface area contributed by atoms with Crippen LogP contribution in [0.1, 0.15) is 39.5 Å². The molecule has 1 fully saturated rings. The molecule has 0 heterocycles. The Hall–Kier alpha value is -1.00. The van der Waals surface area contributed by atoms with E-state index in [1.807, 2.05) is 24.3 Å². The Labute approximate surface area is 125 Å². The second kappa shape index (κ2) is 6.64. The first-order valence-electron chi connectivity index (χ1n) is 7.20. The summed E-state index contributed by atoms with van der Waals surface area (Å²) in [7, 11) is 0. The molecule has 2 rings (SSSR count). The van der Waals surface area contributed by atoms with Crippen molar-refractivity contribution in [2.45, 2.75) is 50.0 Å². The van der Waals surface area contributed by atoms with Crippen LogP contribution in [0.5, 0.6) is 0 Å². The Morgan fingerprint density at radius 3 is 2.50 bits per heavy atom. The highest BCUT2D eigenvalue weighted by molar-refractivity contribution is 7.99. The smallest absolute Gasteiger partial charge is 0.221 e. The van der Waals surface area contributed by atoms with Crippen molar-refractivity contribution in [2.24, 2.45) is 5.92 Å². The molecule has 1 aromatic rings. The zero-order chi connectivity index (χ0) is 14.6. The van der Waals surface area contributed by atoms with Gasteiger partial charge in [0.15, 0.2) is 0 Å². The molecule has 4 heteroatoms. The van der Waals surface area contributed by atoms with E-state index >= 15 is 0 Å². The van der Waals surface area contributed by atoms with Gasteiger partial charge in [-0.15, -0.1) is 11.8 Å². The third kappa shape index (κ3) is 4.53. The summed E-state index contributed by atoms with van der Waals surface area (Å²) in [5.41, 5.74) is 0.306. The molecule has 1 saturated carbocycles. The van der Waals surface area contributed by atoms with Crippen molar-refractivity contribution in [2.75, 3.05) is 11.1 Å². The number of anilines is 1. The first-order valence-corrected chi connectivity index (χ1v) is 8.18. The lowest BCUT2D eigenvalue weighted by atomic mass is 9.81. The van der Waals surface area contributed by atoms with Crippen molar-refractivity contribution in [1.29, 1.82) is 0 Å². The second-order valence-corrected chi connectivity index (χ2v) is 6.95. The molecule has 0 atom stereocenters. The van der Waals surface area contributed by atoms with Crippen molar-refractivity contribution in [3.63, 3.8) is 0 Å². The average Bonchev–Trinajstić information content (AvgIpc) is 2.41. The zero-order valence-electron chi connectivity index (χ0n) is 12.2. The van der Waals surface area contributed by atoms with Crippen molar-refractivity contribution in [3.8, 4) is 0 Å². The Bertz CT molecular complexity index is 450. The molecule has 1 aromatic carbocycles. The van der Waals surface area contributed by atoms with Gasteiger partial charge in [0.25, 0.3) is 0 Å². The van der Waals surface area contributed by atoms with E-state index in [0.29, 0.717) is 0 Å². The van der Waals surface area contributed by atoms with E-state index in [4.69, 9.17) is 0 Å². The van der Waals surface area contributed by atoms with Crippen molar-refractivity contribution in [1.82, 2.24) is 0 Å². The third-order valence-electron chi connectivity index (χ3n) is 3.89. The number of carbonyl (C=O) groups is 1. The van der Waals surface area contributed by atoms with Crippen LogP contribution in [0.3, 0.4) is 0 Å². The average molecular weight is 293 g/mol. The predicted molar refractivity (Wildman–Crippen MR) is 84.1 cm³/mol. The number of aliphatic hydroxyl groups is 1. The normalized spacial score (nSPS) is 26.2. The number of hydrogen-bond acceptors (Lipinski definition) is 3. The highest BCUT2D eigenvalue weighted by Crippen LogP contribution is 2.36. The van der Waals surface area contributed by atoms with E-state index in [-0.39, 0.29) is 5.91 Å². The second-order valence-electron chi connectivity index (χ2n) is 5.90. The molecule has 1 aliphatic rings. The van der Waals surface area contributed by atoms with Crippen LogP contribution in [0.25, 0.3) is 0 Å². The third-order valence-corrected chi connectivity index (χ3v) is 5.17. The van der Waals surface area contributed by atoms with Gasteiger partial charge in [-0.2, -0.15) is 0 Å². The summed E-state index contributed by atoms with van der Waals surface area (Å²) in [5.74, 6) is 1.44. The van der Waals surface area contributed by atoms with Gasteiger partial charge in [0, 0.05) is 23.3 Å². The molecule has 20 heavy (non-hydrogen) atoms. The van der Waals surface area contributed by atoms with Crippen molar-refractivity contribution >= 4 is 23.4 Å². The van der Waals surface area contributed by atoms with Crippen LogP contribution < -0.4 is 5.32 Å². The summed E-state index contributed by atoms with van der Waals surface area (Å²) in [6.45, 7) is 3.76. The molecule has 110 valence electrons. The van der Waals surface area contributed by atoms with Crippen LogP contribution in [-0.2, 0) is 4.79 Å². The topological polar surface area (TPSA) is 49.3 Å². The molecule has 0 aliphatic heterocycles. The van der Waals surface area contributed by atoms with Gasteiger partial charge in [0.1, 0.15) is 0 Å². The van der Waals surface area contributed by atoms with Gasteiger partial charge in [0.05, 0.1) is 5.60 Å².